The van der Waals surface area contributed by atoms with E-state index in [1.807, 2.05) is 0 Å². The van der Waals surface area contributed by atoms with E-state index < -0.39 is 27.3 Å². The number of carbonyl (C=O) groups excluding carboxylic acids is 1. The number of hydrogen-bond acceptors (Lipinski definition) is 4. The Hall–Kier alpha value is -2.65. The van der Waals surface area contributed by atoms with Gasteiger partial charge in [-0.05, 0) is 48.5 Å². The summed E-state index contributed by atoms with van der Waals surface area (Å²) in [5, 5.41) is 2.84. The van der Waals surface area contributed by atoms with Crippen molar-refractivity contribution in [2.75, 3.05) is 13.1 Å². The Balaban J connectivity index is 1.53. The predicted octanol–water partition coefficient (Wildman–Crippen LogP) is 2.06. The molecule has 28 heavy (non-hydrogen) atoms. The lowest BCUT2D eigenvalue weighted by molar-refractivity contribution is -0.115. The summed E-state index contributed by atoms with van der Waals surface area (Å²) in [5.74, 6) is -1.27. The van der Waals surface area contributed by atoms with Gasteiger partial charge in [0, 0.05) is 31.5 Å². The Morgan fingerprint density at radius 1 is 0.929 bits per heavy atom. The van der Waals surface area contributed by atoms with E-state index in [0.717, 1.165) is 12.1 Å². The summed E-state index contributed by atoms with van der Waals surface area (Å²) in [6.07, 6.45) is 0.619. The number of hydrogen-bond donors (Lipinski definition) is 1. The topological polar surface area (TPSA) is 78.8 Å². The van der Waals surface area contributed by atoms with Crippen LogP contribution in [0.25, 0.3) is 0 Å². The Morgan fingerprint density at radius 2 is 1.46 bits per heavy atom. The normalized spacial score (nSPS) is 19.5. The van der Waals surface area contributed by atoms with E-state index in [2.05, 4.69) is 10.3 Å². The lowest BCUT2D eigenvalue weighted by atomic mass is 10.00. The number of amides is 1. The van der Waals surface area contributed by atoms with Gasteiger partial charge < -0.3 is 5.32 Å². The highest BCUT2D eigenvalue weighted by atomic mass is 32.2. The summed E-state index contributed by atoms with van der Waals surface area (Å²) in [4.78, 5) is 16.9. The molecule has 2 aliphatic heterocycles. The molecule has 1 saturated heterocycles. The zero-order valence-electron chi connectivity index (χ0n) is 14.7. The van der Waals surface area contributed by atoms with Crippen molar-refractivity contribution >= 4 is 21.6 Å². The van der Waals surface area contributed by atoms with Crippen LogP contribution in [0.3, 0.4) is 0 Å². The molecule has 2 aliphatic rings. The van der Waals surface area contributed by atoms with Crippen LogP contribution in [0.2, 0.25) is 0 Å². The second-order valence-electron chi connectivity index (χ2n) is 6.81. The molecular formula is C19H17F2N3O3S. The molecular weight excluding hydrogens is 388 g/mol. The summed E-state index contributed by atoms with van der Waals surface area (Å²) in [7, 11) is -3.75. The fourth-order valence-electron chi connectivity index (χ4n) is 3.46. The van der Waals surface area contributed by atoms with Crippen molar-refractivity contribution in [3.8, 4) is 0 Å². The average molecular weight is 405 g/mol. The molecule has 2 aromatic rings. The maximum atomic E-state index is 13.1. The van der Waals surface area contributed by atoms with Gasteiger partial charge in [-0.3, -0.25) is 9.79 Å². The molecule has 6 nitrogen and oxygen atoms in total. The summed E-state index contributed by atoms with van der Waals surface area (Å²) < 4.78 is 52.9. The van der Waals surface area contributed by atoms with Gasteiger partial charge in [-0.25, -0.2) is 17.2 Å². The minimum atomic E-state index is -3.75. The number of rotatable bonds is 3. The van der Waals surface area contributed by atoms with Crippen LogP contribution in [0.1, 0.15) is 18.4 Å². The van der Waals surface area contributed by atoms with E-state index in [9.17, 15) is 22.0 Å². The summed E-state index contributed by atoms with van der Waals surface area (Å²) in [6, 6.07) is 10.2. The summed E-state index contributed by atoms with van der Waals surface area (Å²) in [6.45, 7) is 0.334. The highest BCUT2D eigenvalue weighted by Gasteiger charge is 2.44. The third-order valence-electron chi connectivity index (χ3n) is 5.01. The third-order valence-corrected chi connectivity index (χ3v) is 6.92. The van der Waals surface area contributed by atoms with Gasteiger partial charge in [0.1, 0.15) is 23.0 Å². The molecule has 0 aliphatic carbocycles. The molecule has 4 rings (SSSR count). The number of halogens is 2. The Labute approximate surface area is 160 Å². The van der Waals surface area contributed by atoms with Crippen molar-refractivity contribution in [3.63, 3.8) is 0 Å². The van der Waals surface area contributed by atoms with Crippen LogP contribution in [0.5, 0.6) is 0 Å². The Morgan fingerprint density at radius 3 is 2.04 bits per heavy atom. The molecule has 0 bridgehead atoms. The lowest BCUT2D eigenvalue weighted by Gasteiger charge is -2.36. The van der Waals surface area contributed by atoms with E-state index in [1.54, 1.807) is 0 Å². The van der Waals surface area contributed by atoms with E-state index in [4.69, 9.17) is 0 Å². The number of benzene rings is 2. The number of sulfonamides is 1. The van der Waals surface area contributed by atoms with Crippen LogP contribution < -0.4 is 5.32 Å². The zero-order valence-corrected chi connectivity index (χ0v) is 15.5. The predicted molar refractivity (Wildman–Crippen MR) is 98.2 cm³/mol. The van der Waals surface area contributed by atoms with Gasteiger partial charge in [0.2, 0.25) is 10.0 Å². The second kappa shape index (κ2) is 6.75. The molecule has 0 saturated carbocycles. The van der Waals surface area contributed by atoms with Crippen LogP contribution >= 0.6 is 0 Å². The zero-order chi connectivity index (χ0) is 19.9. The minimum absolute atomic E-state index is 0.0239. The molecule has 2 heterocycles. The Bertz CT molecular complexity index is 1040. The minimum Gasteiger partial charge on any atom is -0.326 e. The fourth-order valence-corrected chi connectivity index (χ4v) is 4.90. The van der Waals surface area contributed by atoms with E-state index in [-0.39, 0.29) is 29.6 Å². The maximum absolute atomic E-state index is 13.1. The van der Waals surface area contributed by atoms with Crippen molar-refractivity contribution < 1.29 is 22.0 Å². The number of nitrogens with zero attached hydrogens (tertiary/aromatic N) is 2. The van der Waals surface area contributed by atoms with E-state index in [1.165, 1.54) is 40.7 Å². The van der Waals surface area contributed by atoms with Crippen LogP contribution in [0.4, 0.5) is 8.78 Å². The second-order valence-corrected chi connectivity index (χ2v) is 8.75. The van der Waals surface area contributed by atoms with Crippen LogP contribution in [0, 0.1) is 11.6 Å². The number of piperidine rings is 1. The van der Waals surface area contributed by atoms with Crippen molar-refractivity contribution in [2.24, 2.45) is 4.99 Å². The standard InChI is InChI=1S/C19H17F2N3O3S/c20-14-3-1-13(2-4-14)17-18(25)23-19(22-17)9-11-24(12-10-19)28(26,27)16-7-5-15(21)6-8-16/h1-8H,9-12H2,(H,23,25). The number of carbonyl (C=O) groups is 1. The first-order valence-corrected chi connectivity index (χ1v) is 10.2. The SMILES string of the molecule is O=C1NC2(CCN(S(=O)(=O)c3ccc(F)cc3)CC2)N=C1c1ccc(F)cc1. The monoisotopic (exact) mass is 405 g/mol. The van der Waals surface area contributed by atoms with Crippen molar-refractivity contribution in [3.05, 3.63) is 65.7 Å². The fraction of sp³-hybridized carbons (Fsp3) is 0.263. The average Bonchev–Trinajstić information content (AvgIpc) is 2.99. The molecule has 1 N–H and O–H groups in total. The maximum Gasteiger partial charge on any atom is 0.272 e. The first-order valence-electron chi connectivity index (χ1n) is 8.73. The van der Waals surface area contributed by atoms with Crippen LogP contribution in [0.15, 0.2) is 58.4 Å². The first-order chi connectivity index (χ1) is 13.3. The Kier molecular flexibility index (Phi) is 4.51. The lowest BCUT2D eigenvalue weighted by Crippen LogP contribution is -2.52. The van der Waals surface area contributed by atoms with Gasteiger partial charge in [0.25, 0.3) is 5.91 Å². The van der Waals surface area contributed by atoms with E-state index >= 15 is 0 Å². The third kappa shape index (κ3) is 3.31. The highest BCUT2D eigenvalue weighted by molar-refractivity contribution is 7.89. The molecule has 0 aromatic heterocycles. The van der Waals surface area contributed by atoms with Crippen LogP contribution in [-0.2, 0) is 14.8 Å². The molecule has 1 spiro atoms. The molecule has 2 aromatic carbocycles. The molecule has 0 atom stereocenters. The van der Waals surface area contributed by atoms with E-state index in [0.29, 0.717) is 18.4 Å². The van der Waals surface area contributed by atoms with Gasteiger partial charge in [-0.15, -0.1) is 0 Å². The van der Waals surface area contributed by atoms with Gasteiger partial charge >= 0.3 is 0 Å². The molecule has 9 heteroatoms. The van der Waals surface area contributed by atoms with Crippen molar-refractivity contribution in [2.45, 2.75) is 23.4 Å². The number of aliphatic imine (C=N–C) groups is 1. The smallest absolute Gasteiger partial charge is 0.272 e. The molecule has 1 fully saturated rings. The number of nitrogens with one attached hydrogen (secondary N) is 1. The summed E-state index contributed by atoms with van der Waals surface area (Å²) >= 11 is 0. The quantitative estimate of drug-likeness (QED) is 0.849. The van der Waals surface area contributed by atoms with Gasteiger partial charge in [0.15, 0.2) is 0 Å². The molecule has 1 amide bonds. The van der Waals surface area contributed by atoms with Gasteiger partial charge in [0.05, 0.1) is 4.90 Å². The molecule has 0 radical (unpaired) electrons. The van der Waals surface area contributed by atoms with Gasteiger partial charge in [-0.1, -0.05) is 0 Å². The van der Waals surface area contributed by atoms with Crippen molar-refractivity contribution in [1.82, 2.24) is 9.62 Å². The largest absolute Gasteiger partial charge is 0.326 e. The highest BCUT2D eigenvalue weighted by Crippen LogP contribution is 2.31. The van der Waals surface area contributed by atoms with Crippen LogP contribution in [-0.4, -0.2) is 43.1 Å². The van der Waals surface area contributed by atoms with Crippen molar-refractivity contribution in [1.29, 1.82) is 0 Å². The first kappa shape index (κ1) is 18.7. The molecule has 0 unspecified atom stereocenters. The van der Waals surface area contributed by atoms with Gasteiger partial charge in [-0.2, -0.15) is 4.31 Å². The molecule has 146 valence electrons. The summed E-state index contributed by atoms with van der Waals surface area (Å²) in [5.41, 5.74) is -0.137.